The number of rotatable bonds is 24. The SMILES string of the molecule is COc1cc(-c2cc3ncccc3c(Cl)n2)ccc1OC1CCCN(C)C1.COc1cc(-c2cc3ncccc3c(Cl)n2)ccc1OCC1CCCN1C.COc1cc(-c2cc3ncccc3c(OC[C@H]3CCC(=O)C3)n2)ccc1OC1CCCN(C)C1.COc1cc(-c2cc3ncccc3c(OC[C@H]3CCC(=O)C3)n2)ccc1OCC1CCCN1C. The van der Waals surface area contributed by atoms with Gasteiger partial charge in [0.15, 0.2) is 46.0 Å². The highest BCUT2D eigenvalue weighted by Crippen LogP contribution is 2.42. The van der Waals surface area contributed by atoms with Crippen LogP contribution in [0.3, 0.4) is 0 Å². The van der Waals surface area contributed by atoms with Crippen molar-refractivity contribution in [2.24, 2.45) is 11.8 Å². The summed E-state index contributed by atoms with van der Waals surface area (Å²) in [6.45, 7) is 8.60. The lowest BCUT2D eigenvalue weighted by Gasteiger charge is -2.30. The van der Waals surface area contributed by atoms with Gasteiger partial charge in [-0.25, -0.2) is 19.9 Å². The van der Waals surface area contributed by atoms with E-state index in [2.05, 4.69) is 77.7 Å². The fourth-order valence-electron chi connectivity index (χ4n) is 16.7. The van der Waals surface area contributed by atoms with E-state index >= 15 is 0 Å². The van der Waals surface area contributed by atoms with Crippen molar-refractivity contribution in [3.05, 3.63) is 181 Å². The maximum absolute atomic E-state index is 11.6. The number of aromatic nitrogens is 8. The lowest BCUT2D eigenvalue weighted by molar-refractivity contribution is -0.118. The molecule has 6 fully saturated rings. The minimum absolute atomic E-state index is 0.156. The van der Waals surface area contributed by atoms with Crippen molar-refractivity contribution in [3.8, 4) is 103 Å². The molecule has 2 saturated carbocycles. The molecule has 4 aromatic carbocycles. The van der Waals surface area contributed by atoms with E-state index in [0.717, 1.165) is 196 Å². The molecule has 0 N–H and O–H groups in total. The monoisotopic (exact) mass is 1690 g/mol. The van der Waals surface area contributed by atoms with E-state index in [1.54, 1.807) is 53.2 Å². The van der Waals surface area contributed by atoms with Gasteiger partial charge >= 0.3 is 0 Å². The van der Waals surface area contributed by atoms with E-state index in [1.807, 2.05) is 146 Å². The molecule has 0 amide bonds. The van der Waals surface area contributed by atoms with Gasteiger partial charge in [0.2, 0.25) is 11.8 Å². The van der Waals surface area contributed by atoms with Crippen molar-refractivity contribution >= 4 is 78.4 Å². The number of likely N-dealkylation sites (tertiary alicyclic amines) is 4. The second-order valence-corrected chi connectivity index (χ2v) is 33.1. The Bertz CT molecular complexity index is 5660. The number of hydrogen-bond donors (Lipinski definition) is 0. The van der Waals surface area contributed by atoms with Crippen LogP contribution in [-0.4, -0.2) is 218 Å². The summed E-state index contributed by atoms with van der Waals surface area (Å²) in [5.41, 5.74) is 9.90. The van der Waals surface area contributed by atoms with Gasteiger partial charge in [-0.3, -0.25) is 29.5 Å². The third kappa shape index (κ3) is 21.5. The molecule has 6 aliphatic rings. The fraction of sp³-hybridized carbons (Fsp3) is 0.396. The molecule has 0 bridgehead atoms. The van der Waals surface area contributed by atoms with Crippen LogP contribution in [0.4, 0.5) is 0 Å². The number of nitrogens with zero attached hydrogens (tertiary/aromatic N) is 12. The van der Waals surface area contributed by atoms with Gasteiger partial charge in [-0.2, -0.15) is 0 Å². The van der Waals surface area contributed by atoms with Crippen molar-refractivity contribution in [3.63, 3.8) is 0 Å². The third-order valence-electron chi connectivity index (χ3n) is 23.6. The molecule has 8 aromatic heterocycles. The zero-order valence-electron chi connectivity index (χ0n) is 70.6. The first kappa shape index (κ1) is 85.8. The number of Topliss-reactive ketones (excluding diaryl/α,β-unsaturated/α-hetero) is 2. The molecule has 0 radical (unpaired) electrons. The first-order chi connectivity index (χ1) is 59.5. The molecule has 12 heterocycles. The van der Waals surface area contributed by atoms with Crippen LogP contribution < -0.4 is 47.4 Å². The Labute approximate surface area is 722 Å². The summed E-state index contributed by atoms with van der Waals surface area (Å²) in [4.78, 5) is 69.1. The van der Waals surface area contributed by atoms with Crippen molar-refractivity contribution in [2.45, 2.75) is 114 Å². The summed E-state index contributed by atoms with van der Waals surface area (Å²) in [5.74, 6) is 7.93. The topological polar surface area (TPSA) is 243 Å². The minimum atomic E-state index is 0.156. The third-order valence-corrected chi connectivity index (χ3v) is 24.2. The zero-order valence-corrected chi connectivity index (χ0v) is 72.1. The standard InChI is InChI=1S/2C27H31N3O4.2C21H22ClN3O2/c1-30-12-4-5-21(16-30)34-25-10-8-19(14-26(25)32-2)23-15-24-22(6-3-11-28-24)27(29-23)33-17-18-7-9-20(31)13-18;1-30-12-4-5-20(30)17-33-25-10-8-19(14-26(25)32-2)23-15-24-22(6-3-11-28-24)27(29-23)34-16-18-7-9-21(31)13-18;1-25-10-4-5-15(25)13-27-19-8-7-14(11-20(19)26-2)17-12-18-16(21(22)24-17)6-3-9-23-18;1-25-10-4-5-15(13-25)27-19-8-7-14(11-20(19)26-2)17-12-18-16(21(22)24-17)6-3-9-23-18/h3,6,8,10-11,14-15,18,21H,4-5,7,9,12-13,16-17H2,1-2H3;3,6,8,10-11,14-15,18,20H,4-5,7,9,12-13,16-17H2,1-2H3;2*3,6-9,11-12,15H,4-5,10,13H2,1-2H3/t18-,21?;18-,20?;;/m00../s1. The average Bonchev–Trinajstić information content (AvgIpc) is 0.928. The Morgan fingerprint density at radius 1 is 0.361 bits per heavy atom. The van der Waals surface area contributed by atoms with Crippen LogP contribution in [0.1, 0.15) is 89.9 Å². The van der Waals surface area contributed by atoms with E-state index in [0.29, 0.717) is 121 Å². The van der Waals surface area contributed by atoms with E-state index in [4.69, 9.17) is 80.5 Å². The van der Waals surface area contributed by atoms with Gasteiger partial charge < -0.3 is 67.0 Å². The molecule has 636 valence electrons. The van der Waals surface area contributed by atoms with Crippen LogP contribution in [0.5, 0.6) is 57.8 Å². The molecular weight excluding hydrogens is 1580 g/mol. The van der Waals surface area contributed by atoms with Crippen molar-refractivity contribution < 1.29 is 57.0 Å². The van der Waals surface area contributed by atoms with Gasteiger partial charge in [0, 0.05) is 121 Å². The predicted molar refractivity (Wildman–Crippen MR) is 476 cm³/mol. The minimum Gasteiger partial charge on any atom is -0.493 e. The second kappa shape index (κ2) is 40.7. The Balaban J connectivity index is 0.000000127. The first-order valence-corrected chi connectivity index (χ1v) is 43.0. The Hall–Kier alpha value is -11.1. The van der Waals surface area contributed by atoms with Crippen molar-refractivity contribution in [1.82, 2.24) is 59.5 Å². The van der Waals surface area contributed by atoms with Gasteiger partial charge in [0.1, 0.15) is 47.3 Å². The molecule has 0 spiro atoms. The number of carbonyl (C=O) groups excluding carboxylic acids is 2. The number of hydrogen-bond acceptors (Lipinski definition) is 24. The highest BCUT2D eigenvalue weighted by Gasteiger charge is 2.29. The molecule has 4 aliphatic heterocycles. The number of benzene rings is 4. The van der Waals surface area contributed by atoms with Crippen LogP contribution in [0, 0.1) is 11.8 Å². The number of methoxy groups -OCH3 is 4. The van der Waals surface area contributed by atoms with E-state index in [1.165, 1.54) is 19.3 Å². The molecule has 26 heteroatoms. The normalized spacial score (nSPS) is 19.4. The molecule has 4 unspecified atom stereocenters. The van der Waals surface area contributed by atoms with Gasteiger partial charge in [0.05, 0.1) is 97.3 Å². The lowest BCUT2D eigenvalue weighted by Crippen LogP contribution is -2.38. The predicted octanol–water partition coefficient (Wildman–Crippen LogP) is 17.9. The zero-order chi connectivity index (χ0) is 84.6. The quantitative estimate of drug-likeness (QED) is 0.0510. The number of ketones is 2. The Kier molecular flexibility index (Phi) is 28.6. The number of pyridine rings is 8. The molecule has 18 rings (SSSR count). The van der Waals surface area contributed by atoms with Gasteiger partial charge in [-0.05, 0) is 264 Å². The van der Waals surface area contributed by atoms with Gasteiger partial charge in [-0.1, -0.05) is 23.2 Å². The van der Waals surface area contributed by atoms with E-state index in [9.17, 15) is 9.59 Å². The summed E-state index contributed by atoms with van der Waals surface area (Å²) in [5, 5.41) is 4.30. The Morgan fingerprint density at radius 3 is 1.03 bits per heavy atom. The number of ether oxygens (including phenoxy) is 10. The maximum atomic E-state index is 11.6. The molecule has 24 nitrogen and oxygen atoms in total. The smallest absolute Gasteiger partial charge is 0.223 e. The second-order valence-electron chi connectivity index (χ2n) is 32.3. The molecular formula is C96H106Cl2N12O12. The van der Waals surface area contributed by atoms with Crippen LogP contribution in [0.15, 0.2) is 170 Å². The number of halogens is 2. The first-order valence-electron chi connectivity index (χ1n) is 42.2. The van der Waals surface area contributed by atoms with Crippen LogP contribution >= 0.6 is 23.2 Å². The molecule has 6 atom stereocenters. The fourth-order valence-corrected chi connectivity index (χ4v) is 17.2. The van der Waals surface area contributed by atoms with Crippen LogP contribution in [-0.2, 0) is 9.59 Å². The van der Waals surface area contributed by atoms with Crippen LogP contribution in [0.25, 0.3) is 88.6 Å². The highest BCUT2D eigenvalue weighted by atomic mass is 35.5. The summed E-state index contributed by atoms with van der Waals surface area (Å²) in [6.07, 6.45) is 20.7. The molecule has 12 aromatic rings. The van der Waals surface area contributed by atoms with Crippen LogP contribution in [0.2, 0.25) is 10.3 Å². The number of likely N-dealkylation sites (N-methyl/N-ethyl adjacent to an activating group) is 4. The van der Waals surface area contributed by atoms with Gasteiger partial charge in [0.25, 0.3) is 0 Å². The summed E-state index contributed by atoms with van der Waals surface area (Å²) in [6, 6.07) is 47.4. The van der Waals surface area contributed by atoms with E-state index in [-0.39, 0.29) is 24.0 Å². The molecule has 4 saturated heterocycles. The van der Waals surface area contributed by atoms with Gasteiger partial charge in [-0.15, -0.1) is 0 Å². The van der Waals surface area contributed by atoms with Crippen molar-refractivity contribution in [1.29, 1.82) is 0 Å². The molecule has 2 aliphatic carbocycles. The number of piperidine rings is 2. The van der Waals surface area contributed by atoms with E-state index < -0.39 is 0 Å². The summed E-state index contributed by atoms with van der Waals surface area (Å²) in [7, 11) is 15.2. The average molecular weight is 1690 g/mol. The lowest BCUT2D eigenvalue weighted by atomic mass is 10.1. The number of fused-ring (bicyclic) bond motifs is 4. The summed E-state index contributed by atoms with van der Waals surface area (Å²) >= 11 is 12.7. The summed E-state index contributed by atoms with van der Waals surface area (Å²) < 4.78 is 59.4. The largest absolute Gasteiger partial charge is 0.493 e. The number of carbonyl (C=O) groups is 2. The molecule has 122 heavy (non-hydrogen) atoms. The maximum Gasteiger partial charge on any atom is 0.223 e. The Morgan fingerprint density at radius 2 is 0.697 bits per heavy atom. The van der Waals surface area contributed by atoms with Crippen molar-refractivity contribution in [2.75, 3.05) is 122 Å². The highest BCUT2D eigenvalue weighted by molar-refractivity contribution is 6.34.